The Morgan fingerprint density at radius 3 is 2.74 bits per heavy atom. The molecule has 0 radical (unpaired) electrons. The lowest BCUT2D eigenvalue weighted by atomic mass is 9.83. The Hall–Kier alpha value is -3.62. The van der Waals surface area contributed by atoms with Crippen molar-refractivity contribution >= 4 is 23.4 Å². The number of fused-ring (bicyclic) bond motifs is 1. The molecule has 1 aromatic carbocycles. The van der Waals surface area contributed by atoms with Crippen LogP contribution in [0.3, 0.4) is 0 Å². The number of phenols is 1. The zero-order valence-electron chi connectivity index (χ0n) is 17.1. The van der Waals surface area contributed by atoms with Crippen molar-refractivity contribution in [3.05, 3.63) is 47.2 Å². The number of allylic oxidation sites excluding steroid dienone is 1. The standard InChI is InChI=1S/C22H25N3O6/c1-2-3-14-18(31-11-19(27)28)7-6-13(20(14)29)17(26)10-25-8-12-4-5-15(22(23)24)21(30)16(12)9-25/h4-8,15-16,29H,2-3,9-11H2,1H3,(H3,23,24)(H,27,28). The van der Waals surface area contributed by atoms with E-state index in [0.717, 1.165) is 5.57 Å². The van der Waals surface area contributed by atoms with Crippen LogP contribution in [0.5, 0.6) is 11.5 Å². The second-order valence-corrected chi connectivity index (χ2v) is 7.60. The van der Waals surface area contributed by atoms with E-state index >= 15 is 0 Å². The average Bonchev–Trinajstić information content (AvgIpc) is 3.11. The molecule has 1 aliphatic carbocycles. The maximum Gasteiger partial charge on any atom is 0.341 e. The molecule has 3 rings (SSSR count). The number of aliphatic carboxylic acids is 1. The zero-order chi connectivity index (χ0) is 22.7. The number of carboxylic acid groups (broad SMARTS) is 1. The number of nitrogens with two attached hydrogens (primary N) is 1. The van der Waals surface area contributed by atoms with Crippen molar-refractivity contribution in [1.82, 2.24) is 4.90 Å². The topological polar surface area (TPSA) is 154 Å². The molecule has 0 spiro atoms. The third-order valence-electron chi connectivity index (χ3n) is 5.36. The SMILES string of the molecule is CCCc1c(OCC(=O)O)ccc(C(=O)CN2C=C3C=CC(C(=N)N)C(=O)C3C2)c1O. The summed E-state index contributed by atoms with van der Waals surface area (Å²) in [6.07, 6.45) is 6.18. The number of rotatable bonds is 9. The molecule has 0 saturated heterocycles. The molecule has 31 heavy (non-hydrogen) atoms. The summed E-state index contributed by atoms with van der Waals surface area (Å²) in [6.45, 7) is 1.61. The maximum absolute atomic E-state index is 12.9. The minimum atomic E-state index is -1.14. The number of Topliss-reactive ketones (excluding diaryl/α,β-unsaturated/α-hetero) is 2. The van der Waals surface area contributed by atoms with E-state index in [9.17, 15) is 19.5 Å². The van der Waals surface area contributed by atoms with Crippen molar-refractivity contribution in [3.63, 3.8) is 0 Å². The van der Waals surface area contributed by atoms with Gasteiger partial charge in [0.25, 0.3) is 0 Å². The van der Waals surface area contributed by atoms with Gasteiger partial charge in [0.15, 0.2) is 18.2 Å². The first-order chi connectivity index (χ1) is 14.7. The highest BCUT2D eigenvalue weighted by atomic mass is 16.5. The molecule has 9 nitrogen and oxygen atoms in total. The van der Waals surface area contributed by atoms with Crippen molar-refractivity contribution in [3.8, 4) is 11.5 Å². The predicted molar refractivity (Wildman–Crippen MR) is 112 cm³/mol. The second kappa shape index (κ2) is 9.03. The molecule has 164 valence electrons. The number of carboxylic acids is 1. The minimum Gasteiger partial charge on any atom is -0.507 e. The van der Waals surface area contributed by atoms with Gasteiger partial charge >= 0.3 is 5.97 Å². The molecule has 1 heterocycles. The van der Waals surface area contributed by atoms with Gasteiger partial charge in [0, 0.05) is 18.3 Å². The van der Waals surface area contributed by atoms with Crippen molar-refractivity contribution in [2.24, 2.45) is 17.6 Å². The van der Waals surface area contributed by atoms with Crippen LogP contribution in [0.1, 0.15) is 29.3 Å². The number of amidine groups is 1. The van der Waals surface area contributed by atoms with E-state index in [0.29, 0.717) is 24.9 Å². The van der Waals surface area contributed by atoms with Gasteiger partial charge in [-0.25, -0.2) is 4.79 Å². The van der Waals surface area contributed by atoms with E-state index in [2.05, 4.69) is 0 Å². The Morgan fingerprint density at radius 1 is 1.35 bits per heavy atom. The van der Waals surface area contributed by atoms with Crippen LogP contribution < -0.4 is 10.5 Å². The molecule has 5 N–H and O–H groups in total. The van der Waals surface area contributed by atoms with Gasteiger partial charge in [0.1, 0.15) is 17.3 Å². The Bertz CT molecular complexity index is 997. The molecule has 2 unspecified atom stereocenters. The molecular formula is C22H25N3O6. The highest BCUT2D eigenvalue weighted by molar-refractivity contribution is 6.07. The lowest BCUT2D eigenvalue weighted by Gasteiger charge is -2.22. The molecule has 0 amide bonds. The molecule has 0 bridgehead atoms. The number of ketones is 2. The van der Waals surface area contributed by atoms with Crippen molar-refractivity contribution in [2.45, 2.75) is 19.8 Å². The van der Waals surface area contributed by atoms with Gasteiger partial charge in [-0.1, -0.05) is 25.5 Å². The number of carbonyl (C=O) groups excluding carboxylic acids is 2. The highest BCUT2D eigenvalue weighted by Gasteiger charge is 2.37. The quantitative estimate of drug-likeness (QED) is 0.263. The van der Waals surface area contributed by atoms with Gasteiger partial charge in [-0.2, -0.15) is 0 Å². The average molecular weight is 427 g/mol. The second-order valence-electron chi connectivity index (χ2n) is 7.60. The minimum absolute atomic E-state index is 0.0414. The smallest absolute Gasteiger partial charge is 0.341 e. The van der Waals surface area contributed by atoms with Crippen molar-refractivity contribution in [1.29, 1.82) is 5.41 Å². The molecule has 9 heteroatoms. The van der Waals surface area contributed by atoms with Crippen LogP contribution in [-0.2, 0) is 16.0 Å². The third kappa shape index (κ3) is 4.60. The summed E-state index contributed by atoms with van der Waals surface area (Å²) in [5.41, 5.74) is 6.77. The fraction of sp³-hybridized carbons (Fsp3) is 0.364. The van der Waals surface area contributed by atoms with Gasteiger partial charge < -0.3 is 25.6 Å². The van der Waals surface area contributed by atoms with Gasteiger partial charge in [-0.3, -0.25) is 15.0 Å². The molecular weight excluding hydrogens is 402 g/mol. The summed E-state index contributed by atoms with van der Waals surface area (Å²) in [5.74, 6) is -3.00. The molecule has 2 atom stereocenters. The van der Waals surface area contributed by atoms with Crippen molar-refractivity contribution < 1.29 is 29.3 Å². The Balaban J connectivity index is 1.76. The first-order valence-electron chi connectivity index (χ1n) is 9.97. The summed E-state index contributed by atoms with van der Waals surface area (Å²) in [5, 5.41) is 27.0. The molecule has 2 aliphatic rings. The number of hydrogen-bond donors (Lipinski definition) is 4. The Kier molecular flexibility index (Phi) is 6.43. The van der Waals surface area contributed by atoms with Crippen LogP contribution in [0.2, 0.25) is 0 Å². The number of carbonyl (C=O) groups is 3. The summed E-state index contributed by atoms with van der Waals surface area (Å²) < 4.78 is 5.24. The largest absolute Gasteiger partial charge is 0.507 e. The first-order valence-corrected chi connectivity index (χ1v) is 9.97. The number of nitrogens with one attached hydrogen (secondary N) is 1. The fourth-order valence-corrected chi connectivity index (χ4v) is 3.87. The summed E-state index contributed by atoms with van der Waals surface area (Å²) >= 11 is 0. The Labute approximate surface area is 179 Å². The number of aromatic hydroxyl groups is 1. The molecule has 1 aromatic rings. The summed E-state index contributed by atoms with van der Waals surface area (Å²) in [7, 11) is 0. The van der Waals surface area contributed by atoms with Gasteiger partial charge in [-0.05, 0) is 24.1 Å². The summed E-state index contributed by atoms with van der Waals surface area (Å²) in [6, 6.07) is 2.91. The number of ether oxygens (including phenoxy) is 1. The van der Waals surface area contributed by atoms with E-state index in [1.807, 2.05) is 6.92 Å². The van der Waals surface area contributed by atoms with E-state index < -0.39 is 24.4 Å². The lowest BCUT2D eigenvalue weighted by molar-refractivity contribution is -0.139. The molecule has 0 aromatic heterocycles. The highest BCUT2D eigenvalue weighted by Crippen LogP contribution is 2.34. The third-order valence-corrected chi connectivity index (χ3v) is 5.36. The summed E-state index contributed by atoms with van der Waals surface area (Å²) in [4.78, 5) is 37.9. The van der Waals surface area contributed by atoms with Gasteiger partial charge in [-0.15, -0.1) is 0 Å². The van der Waals surface area contributed by atoms with Crippen LogP contribution in [0.4, 0.5) is 0 Å². The zero-order valence-corrected chi connectivity index (χ0v) is 17.1. The van der Waals surface area contributed by atoms with Crippen molar-refractivity contribution in [2.75, 3.05) is 19.7 Å². The van der Waals surface area contributed by atoms with Crippen LogP contribution in [0, 0.1) is 17.2 Å². The Morgan fingerprint density at radius 2 is 2.10 bits per heavy atom. The van der Waals surface area contributed by atoms with Crippen LogP contribution in [-0.4, -0.2) is 58.2 Å². The first kappa shape index (κ1) is 22.1. The van der Waals surface area contributed by atoms with Gasteiger partial charge in [0.2, 0.25) is 0 Å². The number of hydrogen-bond acceptors (Lipinski definition) is 7. The van der Waals surface area contributed by atoms with Gasteiger partial charge in [0.05, 0.1) is 23.9 Å². The predicted octanol–water partition coefficient (Wildman–Crippen LogP) is 1.50. The van der Waals surface area contributed by atoms with Crippen LogP contribution in [0.15, 0.2) is 36.1 Å². The molecule has 1 aliphatic heterocycles. The lowest BCUT2D eigenvalue weighted by Crippen LogP contribution is -2.37. The van der Waals surface area contributed by atoms with E-state index in [-0.39, 0.29) is 41.0 Å². The van der Waals surface area contributed by atoms with E-state index in [4.69, 9.17) is 21.0 Å². The van der Waals surface area contributed by atoms with E-state index in [1.54, 1.807) is 23.3 Å². The molecule has 0 saturated carbocycles. The van der Waals surface area contributed by atoms with Crippen LogP contribution >= 0.6 is 0 Å². The van der Waals surface area contributed by atoms with Crippen LogP contribution in [0.25, 0.3) is 0 Å². The normalized spacial score (nSPS) is 19.7. The number of phenolic OH excluding ortho intramolecular Hbond substituents is 1. The van der Waals surface area contributed by atoms with E-state index in [1.165, 1.54) is 12.1 Å². The maximum atomic E-state index is 12.9. The molecule has 0 fully saturated rings. The monoisotopic (exact) mass is 427 g/mol. The number of benzene rings is 1. The fourth-order valence-electron chi connectivity index (χ4n) is 3.87. The number of nitrogens with zero attached hydrogens (tertiary/aromatic N) is 1.